The van der Waals surface area contributed by atoms with E-state index in [1.807, 2.05) is 0 Å². The van der Waals surface area contributed by atoms with Crippen molar-refractivity contribution in [1.82, 2.24) is 5.32 Å². The fourth-order valence-electron chi connectivity index (χ4n) is 1.79. The van der Waals surface area contributed by atoms with Gasteiger partial charge in [-0.3, -0.25) is 0 Å². The van der Waals surface area contributed by atoms with Crippen molar-refractivity contribution in [2.24, 2.45) is 5.92 Å². The van der Waals surface area contributed by atoms with Gasteiger partial charge in [0.25, 0.3) is 0 Å². The molecule has 0 amide bonds. The molecular formula is C12H15BrFNO. The lowest BCUT2D eigenvalue weighted by Gasteiger charge is -2.16. The SMILES string of the molecule is CC1CNCC(c2ccc(F)c(Br)c2)OC1. The molecule has 1 aromatic rings. The van der Waals surface area contributed by atoms with E-state index in [2.05, 4.69) is 28.2 Å². The lowest BCUT2D eigenvalue weighted by molar-refractivity contribution is 0.0514. The number of nitrogens with one attached hydrogen (secondary N) is 1. The topological polar surface area (TPSA) is 21.3 Å². The molecule has 88 valence electrons. The molecule has 1 aromatic carbocycles. The maximum Gasteiger partial charge on any atom is 0.137 e. The number of halogens is 2. The van der Waals surface area contributed by atoms with Gasteiger partial charge in [-0.2, -0.15) is 0 Å². The Morgan fingerprint density at radius 1 is 1.44 bits per heavy atom. The van der Waals surface area contributed by atoms with Gasteiger partial charge in [-0.25, -0.2) is 4.39 Å². The van der Waals surface area contributed by atoms with E-state index in [9.17, 15) is 4.39 Å². The zero-order valence-corrected chi connectivity index (χ0v) is 10.8. The Kier molecular flexibility index (Phi) is 3.95. The number of benzene rings is 1. The largest absolute Gasteiger partial charge is 0.372 e. The minimum absolute atomic E-state index is 0.0156. The minimum Gasteiger partial charge on any atom is -0.372 e. The first kappa shape index (κ1) is 12.0. The average Bonchev–Trinajstić information content (AvgIpc) is 2.47. The summed E-state index contributed by atoms with van der Waals surface area (Å²) < 4.78 is 19.4. The molecule has 1 N–H and O–H groups in total. The summed E-state index contributed by atoms with van der Waals surface area (Å²) in [7, 11) is 0. The molecule has 2 rings (SSSR count). The van der Waals surface area contributed by atoms with Crippen LogP contribution < -0.4 is 5.32 Å². The third-order valence-corrected chi connectivity index (χ3v) is 3.33. The Labute approximate surface area is 103 Å². The van der Waals surface area contributed by atoms with Crippen molar-refractivity contribution < 1.29 is 9.13 Å². The Morgan fingerprint density at radius 2 is 2.25 bits per heavy atom. The van der Waals surface area contributed by atoms with Gasteiger partial charge < -0.3 is 10.1 Å². The monoisotopic (exact) mass is 287 g/mol. The lowest BCUT2D eigenvalue weighted by atomic mass is 10.1. The second-order valence-corrected chi connectivity index (χ2v) is 5.11. The van der Waals surface area contributed by atoms with Crippen LogP contribution in [0.1, 0.15) is 18.6 Å². The number of hydrogen-bond acceptors (Lipinski definition) is 2. The van der Waals surface area contributed by atoms with Gasteiger partial charge in [0.15, 0.2) is 0 Å². The van der Waals surface area contributed by atoms with E-state index in [0.717, 1.165) is 25.3 Å². The number of ether oxygens (including phenoxy) is 1. The van der Waals surface area contributed by atoms with Crippen molar-refractivity contribution in [2.75, 3.05) is 19.7 Å². The predicted octanol–water partition coefficient (Wildman–Crippen LogP) is 2.89. The molecule has 1 aliphatic heterocycles. The molecular weight excluding hydrogens is 273 g/mol. The highest BCUT2D eigenvalue weighted by molar-refractivity contribution is 9.10. The smallest absolute Gasteiger partial charge is 0.137 e. The van der Waals surface area contributed by atoms with E-state index in [1.54, 1.807) is 12.1 Å². The molecule has 0 bridgehead atoms. The first-order chi connectivity index (χ1) is 7.66. The van der Waals surface area contributed by atoms with Crippen molar-refractivity contribution in [1.29, 1.82) is 0 Å². The molecule has 0 aromatic heterocycles. The molecule has 1 fully saturated rings. The Bertz CT molecular complexity index is 372. The van der Waals surface area contributed by atoms with Gasteiger partial charge in [-0.05, 0) is 39.5 Å². The van der Waals surface area contributed by atoms with Crippen molar-refractivity contribution >= 4 is 15.9 Å². The summed E-state index contributed by atoms with van der Waals surface area (Å²) >= 11 is 3.19. The van der Waals surface area contributed by atoms with Crippen molar-refractivity contribution in [2.45, 2.75) is 13.0 Å². The normalized spacial score (nSPS) is 26.4. The lowest BCUT2D eigenvalue weighted by Crippen LogP contribution is -2.22. The zero-order valence-electron chi connectivity index (χ0n) is 9.17. The van der Waals surface area contributed by atoms with Crippen LogP contribution in [0.15, 0.2) is 22.7 Å². The molecule has 0 aliphatic carbocycles. The Balaban J connectivity index is 2.13. The maximum atomic E-state index is 13.1. The molecule has 16 heavy (non-hydrogen) atoms. The van der Waals surface area contributed by atoms with Crippen LogP contribution in [-0.4, -0.2) is 19.7 Å². The van der Waals surface area contributed by atoms with Crippen LogP contribution in [0.2, 0.25) is 0 Å². The standard InChI is InChI=1S/C12H15BrFNO/c1-8-5-15-6-12(16-7-8)9-2-3-11(14)10(13)4-9/h2-4,8,12,15H,5-7H2,1H3. The van der Waals surface area contributed by atoms with Crippen LogP contribution in [0.25, 0.3) is 0 Å². The quantitative estimate of drug-likeness (QED) is 0.858. The van der Waals surface area contributed by atoms with Gasteiger partial charge >= 0.3 is 0 Å². The fourth-order valence-corrected chi connectivity index (χ4v) is 2.18. The van der Waals surface area contributed by atoms with E-state index in [0.29, 0.717) is 10.4 Å². The number of hydrogen-bond donors (Lipinski definition) is 1. The summed E-state index contributed by atoms with van der Waals surface area (Å²) in [6.45, 7) is 4.64. The van der Waals surface area contributed by atoms with Gasteiger partial charge in [0.2, 0.25) is 0 Å². The highest BCUT2D eigenvalue weighted by Crippen LogP contribution is 2.24. The molecule has 2 nitrogen and oxygen atoms in total. The molecule has 1 heterocycles. The molecule has 1 saturated heterocycles. The van der Waals surface area contributed by atoms with E-state index >= 15 is 0 Å². The van der Waals surface area contributed by atoms with Crippen LogP contribution in [0, 0.1) is 11.7 Å². The van der Waals surface area contributed by atoms with E-state index in [1.165, 1.54) is 6.07 Å². The van der Waals surface area contributed by atoms with Crippen LogP contribution in [0.5, 0.6) is 0 Å². The highest BCUT2D eigenvalue weighted by atomic mass is 79.9. The first-order valence-electron chi connectivity index (χ1n) is 5.44. The van der Waals surface area contributed by atoms with Gasteiger partial charge in [-0.1, -0.05) is 13.0 Å². The molecule has 4 heteroatoms. The van der Waals surface area contributed by atoms with Crippen molar-refractivity contribution in [3.05, 3.63) is 34.1 Å². The molecule has 0 spiro atoms. The zero-order chi connectivity index (χ0) is 11.5. The van der Waals surface area contributed by atoms with Crippen LogP contribution in [0.4, 0.5) is 4.39 Å². The van der Waals surface area contributed by atoms with Crippen LogP contribution >= 0.6 is 15.9 Å². The van der Waals surface area contributed by atoms with Crippen LogP contribution in [-0.2, 0) is 4.74 Å². The average molecular weight is 288 g/mol. The minimum atomic E-state index is -0.237. The second kappa shape index (κ2) is 5.25. The Morgan fingerprint density at radius 3 is 3.00 bits per heavy atom. The summed E-state index contributed by atoms with van der Waals surface area (Å²) in [4.78, 5) is 0. The van der Waals surface area contributed by atoms with Gasteiger partial charge in [0.05, 0.1) is 17.2 Å². The van der Waals surface area contributed by atoms with Gasteiger partial charge in [-0.15, -0.1) is 0 Å². The van der Waals surface area contributed by atoms with Crippen molar-refractivity contribution in [3.63, 3.8) is 0 Å². The molecule has 0 radical (unpaired) electrons. The Hall–Kier alpha value is -0.450. The number of rotatable bonds is 1. The molecule has 2 unspecified atom stereocenters. The summed E-state index contributed by atoms with van der Waals surface area (Å²) in [6.07, 6.45) is 0.0156. The third kappa shape index (κ3) is 2.81. The predicted molar refractivity (Wildman–Crippen MR) is 64.8 cm³/mol. The highest BCUT2D eigenvalue weighted by Gasteiger charge is 2.18. The third-order valence-electron chi connectivity index (χ3n) is 2.72. The summed E-state index contributed by atoms with van der Waals surface area (Å²) in [6, 6.07) is 5.04. The molecule has 1 aliphatic rings. The van der Waals surface area contributed by atoms with Crippen LogP contribution in [0.3, 0.4) is 0 Å². The van der Waals surface area contributed by atoms with Gasteiger partial charge in [0.1, 0.15) is 5.82 Å². The summed E-state index contributed by atoms with van der Waals surface area (Å²) in [5.41, 5.74) is 1.01. The molecule has 2 atom stereocenters. The maximum absolute atomic E-state index is 13.1. The second-order valence-electron chi connectivity index (χ2n) is 4.26. The van der Waals surface area contributed by atoms with E-state index in [-0.39, 0.29) is 11.9 Å². The van der Waals surface area contributed by atoms with E-state index < -0.39 is 0 Å². The summed E-state index contributed by atoms with van der Waals surface area (Å²) in [5, 5.41) is 3.35. The first-order valence-corrected chi connectivity index (χ1v) is 6.23. The van der Waals surface area contributed by atoms with Crippen molar-refractivity contribution in [3.8, 4) is 0 Å². The molecule has 0 saturated carbocycles. The fraction of sp³-hybridized carbons (Fsp3) is 0.500. The van der Waals surface area contributed by atoms with Gasteiger partial charge in [0, 0.05) is 13.1 Å². The van der Waals surface area contributed by atoms with E-state index in [4.69, 9.17) is 4.74 Å². The summed E-state index contributed by atoms with van der Waals surface area (Å²) in [5.74, 6) is 0.285.